The van der Waals surface area contributed by atoms with Crippen molar-refractivity contribution in [1.82, 2.24) is 9.13 Å². The van der Waals surface area contributed by atoms with E-state index in [9.17, 15) is 14.7 Å². The smallest absolute Gasteiger partial charge is 0.332 e. The van der Waals surface area contributed by atoms with Gasteiger partial charge >= 0.3 is 5.69 Å². The van der Waals surface area contributed by atoms with Gasteiger partial charge in [0.1, 0.15) is 11.1 Å². The highest BCUT2D eigenvalue weighted by Crippen LogP contribution is 2.19. The summed E-state index contributed by atoms with van der Waals surface area (Å²) in [4.78, 5) is 24.0. The van der Waals surface area contributed by atoms with E-state index in [1.54, 1.807) is 12.1 Å². The van der Waals surface area contributed by atoms with E-state index in [1.807, 2.05) is 0 Å². The molecule has 1 atom stereocenters. The highest BCUT2D eigenvalue weighted by atomic mass is 16.3. The summed E-state index contributed by atoms with van der Waals surface area (Å²) in [7, 11) is 1.53. The van der Waals surface area contributed by atoms with Crippen molar-refractivity contribution in [3.63, 3.8) is 0 Å². The average molecular weight is 235 g/mol. The Morgan fingerprint density at radius 2 is 2.00 bits per heavy atom. The number of nitrogens with two attached hydrogens (primary N) is 1. The van der Waals surface area contributed by atoms with Crippen LogP contribution in [-0.4, -0.2) is 14.2 Å². The standard InChI is InChI=1S/C11H13N3O3/c1-6(12)14-10(16)9-7(13(2)11(14)17)4-3-5-8(9)15/h3-6,15H,12H2,1-2H3. The molecule has 0 amide bonds. The summed E-state index contributed by atoms with van der Waals surface area (Å²) in [6.45, 7) is 1.54. The number of aromatic hydroxyl groups is 1. The molecule has 0 aliphatic heterocycles. The molecule has 0 spiro atoms. The molecular weight excluding hydrogens is 222 g/mol. The van der Waals surface area contributed by atoms with Gasteiger partial charge in [-0.3, -0.25) is 9.36 Å². The third-order valence-corrected chi connectivity index (χ3v) is 2.71. The van der Waals surface area contributed by atoms with Crippen LogP contribution in [0.15, 0.2) is 27.8 Å². The van der Waals surface area contributed by atoms with Gasteiger partial charge in [-0.15, -0.1) is 0 Å². The van der Waals surface area contributed by atoms with Gasteiger partial charge in [0.25, 0.3) is 5.56 Å². The first-order valence-electron chi connectivity index (χ1n) is 5.14. The Labute approximate surface area is 96.5 Å². The molecule has 0 aliphatic carbocycles. The normalized spacial score (nSPS) is 12.9. The molecule has 1 aromatic carbocycles. The number of phenols is 1. The van der Waals surface area contributed by atoms with Crippen LogP contribution in [0.4, 0.5) is 0 Å². The van der Waals surface area contributed by atoms with E-state index in [0.29, 0.717) is 5.52 Å². The Bertz CT molecular complexity index is 697. The van der Waals surface area contributed by atoms with Gasteiger partial charge in [0, 0.05) is 7.05 Å². The number of fused-ring (bicyclic) bond motifs is 1. The fraction of sp³-hybridized carbons (Fsp3) is 0.273. The average Bonchev–Trinajstić information content (AvgIpc) is 2.25. The Kier molecular flexibility index (Phi) is 2.51. The molecule has 0 bridgehead atoms. The second kappa shape index (κ2) is 3.74. The van der Waals surface area contributed by atoms with Crippen molar-refractivity contribution in [3.05, 3.63) is 39.0 Å². The fourth-order valence-corrected chi connectivity index (χ4v) is 1.86. The maximum Gasteiger partial charge on any atom is 0.332 e. The summed E-state index contributed by atoms with van der Waals surface area (Å²) in [5.74, 6) is -0.155. The van der Waals surface area contributed by atoms with Gasteiger partial charge in [-0.1, -0.05) is 6.07 Å². The maximum atomic E-state index is 12.1. The summed E-state index contributed by atoms with van der Waals surface area (Å²) in [5.41, 5.74) is 4.91. The number of hydrogen-bond donors (Lipinski definition) is 2. The topological polar surface area (TPSA) is 90.2 Å². The first-order chi connectivity index (χ1) is 7.95. The van der Waals surface area contributed by atoms with E-state index in [-0.39, 0.29) is 11.1 Å². The number of benzene rings is 1. The molecule has 0 aliphatic rings. The predicted molar refractivity (Wildman–Crippen MR) is 64.0 cm³/mol. The number of aryl methyl sites for hydroxylation is 1. The van der Waals surface area contributed by atoms with E-state index < -0.39 is 17.4 Å². The first kappa shape index (κ1) is 11.4. The lowest BCUT2D eigenvalue weighted by atomic mass is 10.2. The number of phenolic OH excluding ortho intramolecular Hbond substituents is 1. The monoisotopic (exact) mass is 235 g/mol. The highest BCUT2D eigenvalue weighted by Gasteiger charge is 2.15. The fourth-order valence-electron chi connectivity index (χ4n) is 1.86. The van der Waals surface area contributed by atoms with Crippen molar-refractivity contribution >= 4 is 10.9 Å². The zero-order valence-corrected chi connectivity index (χ0v) is 9.54. The molecule has 0 fully saturated rings. The molecule has 6 nitrogen and oxygen atoms in total. The molecule has 3 N–H and O–H groups in total. The SMILES string of the molecule is CC(N)n1c(=O)c2c(O)cccc2n(C)c1=O. The van der Waals surface area contributed by atoms with Crippen LogP contribution < -0.4 is 17.0 Å². The van der Waals surface area contributed by atoms with Gasteiger partial charge in [0.15, 0.2) is 0 Å². The second-order valence-corrected chi connectivity index (χ2v) is 3.93. The van der Waals surface area contributed by atoms with Gasteiger partial charge in [0.2, 0.25) is 0 Å². The molecule has 17 heavy (non-hydrogen) atoms. The molecule has 1 aromatic heterocycles. The second-order valence-electron chi connectivity index (χ2n) is 3.93. The van der Waals surface area contributed by atoms with Gasteiger partial charge < -0.3 is 10.8 Å². The summed E-state index contributed by atoms with van der Waals surface area (Å²) < 4.78 is 2.21. The third-order valence-electron chi connectivity index (χ3n) is 2.71. The molecule has 90 valence electrons. The quantitative estimate of drug-likeness (QED) is 0.721. The molecule has 0 saturated carbocycles. The Morgan fingerprint density at radius 3 is 2.59 bits per heavy atom. The number of hydrogen-bond acceptors (Lipinski definition) is 4. The Morgan fingerprint density at radius 1 is 1.35 bits per heavy atom. The largest absolute Gasteiger partial charge is 0.507 e. The van der Waals surface area contributed by atoms with Crippen LogP contribution in [0, 0.1) is 0 Å². The molecule has 1 heterocycles. The van der Waals surface area contributed by atoms with Crippen molar-refractivity contribution in [2.75, 3.05) is 0 Å². The van der Waals surface area contributed by atoms with Crippen LogP contribution >= 0.6 is 0 Å². The number of aromatic nitrogens is 2. The van der Waals surface area contributed by atoms with Crippen LogP contribution in [0.5, 0.6) is 5.75 Å². The minimum absolute atomic E-state index is 0.104. The van der Waals surface area contributed by atoms with E-state index >= 15 is 0 Å². The summed E-state index contributed by atoms with van der Waals surface area (Å²) in [5, 5.41) is 9.81. The molecule has 2 aromatic rings. The van der Waals surface area contributed by atoms with Crippen LogP contribution in [0.2, 0.25) is 0 Å². The number of rotatable bonds is 1. The van der Waals surface area contributed by atoms with Gasteiger partial charge in [-0.2, -0.15) is 0 Å². The van der Waals surface area contributed by atoms with Crippen molar-refractivity contribution in [2.45, 2.75) is 13.1 Å². The van der Waals surface area contributed by atoms with Gasteiger partial charge in [0.05, 0.1) is 11.7 Å². The summed E-state index contributed by atoms with van der Waals surface area (Å²) in [6, 6.07) is 4.58. The summed E-state index contributed by atoms with van der Waals surface area (Å²) in [6.07, 6.45) is -0.745. The van der Waals surface area contributed by atoms with E-state index in [1.165, 1.54) is 24.6 Å². The van der Waals surface area contributed by atoms with E-state index in [4.69, 9.17) is 5.73 Å². The van der Waals surface area contributed by atoms with Crippen LogP contribution in [-0.2, 0) is 7.05 Å². The molecular formula is C11H13N3O3. The molecule has 2 rings (SSSR count). The van der Waals surface area contributed by atoms with Crippen molar-refractivity contribution in [1.29, 1.82) is 0 Å². The Balaban J connectivity index is 3.13. The molecule has 1 unspecified atom stereocenters. The van der Waals surface area contributed by atoms with Crippen molar-refractivity contribution in [2.24, 2.45) is 12.8 Å². The van der Waals surface area contributed by atoms with Crippen molar-refractivity contribution in [3.8, 4) is 5.75 Å². The van der Waals surface area contributed by atoms with Gasteiger partial charge in [-0.05, 0) is 19.1 Å². The first-order valence-corrected chi connectivity index (χ1v) is 5.14. The lowest BCUT2D eigenvalue weighted by Crippen LogP contribution is -2.43. The molecule has 0 radical (unpaired) electrons. The molecule has 6 heteroatoms. The van der Waals surface area contributed by atoms with E-state index in [0.717, 1.165) is 4.57 Å². The summed E-state index contributed by atoms with van der Waals surface area (Å²) >= 11 is 0. The van der Waals surface area contributed by atoms with Crippen LogP contribution in [0.3, 0.4) is 0 Å². The van der Waals surface area contributed by atoms with E-state index in [2.05, 4.69) is 0 Å². The third kappa shape index (κ3) is 1.53. The molecule has 0 saturated heterocycles. The van der Waals surface area contributed by atoms with Crippen LogP contribution in [0.25, 0.3) is 10.9 Å². The van der Waals surface area contributed by atoms with Crippen LogP contribution in [0.1, 0.15) is 13.1 Å². The lowest BCUT2D eigenvalue weighted by Gasteiger charge is -2.13. The Hall–Kier alpha value is -2.08. The van der Waals surface area contributed by atoms with Crippen molar-refractivity contribution < 1.29 is 5.11 Å². The zero-order valence-electron chi connectivity index (χ0n) is 9.54. The minimum atomic E-state index is -0.745. The maximum absolute atomic E-state index is 12.1. The minimum Gasteiger partial charge on any atom is -0.507 e. The predicted octanol–water partition coefficient (Wildman–Crippen LogP) is -0.117. The zero-order chi connectivity index (χ0) is 12.7. The number of nitrogens with zero attached hydrogens (tertiary/aromatic N) is 2. The van der Waals surface area contributed by atoms with Gasteiger partial charge in [-0.25, -0.2) is 9.36 Å². The highest BCUT2D eigenvalue weighted by molar-refractivity contribution is 5.84. The lowest BCUT2D eigenvalue weighted by molar-refractivity contribution is 0.475.